The third-order valence-corrected chi connectivity index (χ3v) is 2.84. The molecule has 1 aromatic carbocycles. The van der Waals surface area contributed by atoms with E-state index in [1.807, 2.05) is 0 Å². The predicted octanol–water partition coefficient (Wildman–Crippen LogP) is 0.419. The molecule has 1 unspecified atom stereocenters. The SMILES string of the molecule is CCC(C(=O)O)N(CC(N)=O)Cc1ccc(N)cc1. The Morgan fingerprint density at radius 1 is 1.32 bits per heavy atom. The van der Waals surface area contributed by atoms with Crippen LogP contribution in [-0.4, -0.2) is 34.5 Å². The fourth-order valence-electron chi connectivity index (χ4n) is 1.92. The summed E-state index contributed by atoms with van der Waals surface area (Å²) in [5.41, 5.74) is 12.3. The van der Waals surface area contributed by atoms with E-state index in [1.54, 1.807) is 36.1 Å². The zero-order valence-electron chi connectivity index (χ0n) is 10.9. The summed E-state index contributed by atoms with van der Waals surface area (Å²) in [5, 5.41) is 9.16. The van der Waals surface area contributed by atoms with Crippen molar-refractivity contribution in [3.8, 4) is 0 Å². The molecule has 0 aromatic heterocycles. The number of carboxylic acids is 1. The first-order chi connectivity index (χ1) is 8.93. The Balaban J connectivity index is 2.87. The molecule has 6 nitrogen and oxygen atoms in total. The fourth-order valence-corrected chi connectivity index (χ4v) is 1.92. The minimum atomic E-state index is -0.959. The lowest BCUT2D eigenvalue weighted by Crippen LogP contribution is -2.44. The van der Waals surface area contributed by atoms with Gasteiger partial charge in [-0.25, -0.2) is 0 Å². The van der Waals surface area contributed by atoms with Gasteiger partial charge in [0.1, 0.15) is 6.04 Å². The molecule has 0 spiro atoms. The Bertz CT molecular complexity index is 445. The number of hydrogen-bond donors (Lipinski definition) is 3. The number of nitrogens with two attached hydrogens (primary N) is 2. The van der Waals surface area contributed by atoms with Gasteiger partial charge in [-0.05, 0) is 24.1 Å². The summed E-state index contributed by atoms with van der Waals surface area (Å²) in [5.74, 6) is -1.51. The zero-order valence-corrected chi connectivity index (χ0v) is 10.9. The van der Waals surface area contributed by atoms with Crippen molar-refractivity contribution in [2.24, 2.45) is 5.73 Å². The summed E-state index contributed by atoms with van der Waals surface area (Å²) in [6.07, 6.45) is 0.400. The molecular weight excluding hydrogens is 246 g/mol. The normalized spacial score (nSPS) is 12.3. The molecular formula is C13H19N3O3. The largest absolute Gasteiger partial charge is 0.480 e. The van der Waals surface area contributed by atoms with Crippen LogP contribution < -0.4 is 11.5 Å². The van der Waals surface area contributed by atoms with Gasteiger partial charge in [0.15, 0.2) is 0 Å². The first-order valence-corrected chi connectivity index (χ1v) is 6.03. The number of amides is 1. The topological polar surface area (TPSA) is 110 Å². The van der Waals surface area contributed by atoms with Crippen molar-refractivity contribution in [2.75, 3.05) is 12.3 Å². The van der Waals surface area contributed by atoms with Gasteiger partial charge in [0.2, 0.25) is 5.91 Å². The molecule has 0 aliphatic heterocycles. The van der Waals surface area contributed by atoms with Crippen molar-refractivity contribution in [2.45, 2.75) is 25.9 Å². The number of nitrogens with zero attached hydrogens (tertiary/aromatic N) is 1. The Kier molecular flexibility index (Phi) is 5.32. The average Bonchev–Trinajstić information content (AvgIpc) is 2.31. The number of rotatable bonds is 7. The summed E-state index contributed by atoms with van der Waals surface area (Å²) in [6.45, 7) is 2.01. The van der Waals surface area contributed by atoms with E-state index in [0.717, 1.165) is 5.56 Å². The minimum Gasteiger partial charge on any atom is -0.480 e. The summed E-state index contributed by atoms with van der Waals surface area (Å²) in [4.78, 5) is 23.8. The Hall–Kier alpha value is -2.08. The van der Waals surface area contributed by atoms with Crippen LogP contribution in [0, 0.1) is 0 Å². The van der Waals surface area contributed by atoms with Crippen molar-refractivity contribution in [3.05, 3.63) is 29.8 Å². The van der Waals surface area contributed by atoms with E-state index in [1.165, 1.54) is 0 Å². The Labute approximate surface area is 112 Å². The average molecular weight is 265 g/mol. The molecule has 0 bridgehead atoms. The van der Waals surface area contributed by atoms with Gasteiger partial charge in [0, 0.05) is 12.2 Å². The first kappa shape index (κ1) is 15.0. The molecule has 104 valence electrons. The van der Waals surface area contributed by atoms with Crippen LogP contribution in [0.15, 0.2) is 24.3 Å². The molecule has 1 aromatic rings. The molecule has 0 heterocycles. The Morgan fingerprint density at radius 3 is 2.32 bits per heavy atom. The van der Waals surface area contributed by atoms with Crippen LogP contribution in [0.4, 0.5) is 5.69 Å². The quantitative estimate of drug-likeness (QED) is 0.619. The number of carbonyl (C=O) groups is 2. The monoisotopic (exact) mass is 265 g/mol. The van der Waals surface area contributed by atoms with Crippen LogP contribution in [0.25, 0.3) is 0 Å². The van der Waals surface area contributed by atoms with Gasteiger partial charge in [0.25, 0.3) is 0 Å². The third-order valence-electron chi connectivity index (χ3n) is 2.84. The molecule has 5 N–H and O–H groups in total. The van der Waals surface area contributed by atoms with Crippen molar-refractivity contribution >= 4 is 17.6 Å². The van der Waals surface area contributed by atoms with Crippen LogP contribution in [-0.2, 0) is 16.1 Å². The lowest BCUT2D eigenvalue weighted by atomic mass is 10.1. The highest BCUT2D eigenvalue weighted by molar-refractivity contribution is 5.78. The van der Waals surface area contributed by atoms with Crippen molar-refractivity contribution < 1.29 is 14.7 Å². The molecule has 0 aliphatic rings. The summed E-state index contributed by atoms with van der Waals surface area (Å²) < 4.78 is 0. The maximum atomic E-state index is 11.2. The number of anilines is 1. The number of carbonyl (C=O) groups excluding carboxylic acids is 1. The molecule has 0 fully saturated rings. The standard InChI is InChI=1S/C13H19N3O3/c1-2-11(13(18)19)16(8-12(15)17)7-9-3-5-10(14)6-4-9/h3-6,11H,2,7-8,14H2,1H3,(H2,15,17)(H,18,19). The maximum absolute atomic E-state index is 11.2. The second kappa shape index (κ2) is 6.75. The molecule has 1 atom stereocenters. The number of nitrogen functional groups attached to an aromatic ring is 1. The van der Waals surface area contributed by atoms with E-state index in [9.17, 15) is 9.59 Å². The highest BCUT2D eigenvalue weighted by atomic mass is 16.4. The van der Waals surface area contributed by atoms with Gasteiger partial charge in [-0.2, -0.15) is 0 Å². The van der Waals surface area contributed by atoms with Crippen LogP contribution in [0.5, 0.6) is 0 Å². The number of carboxylic acid groups (broad SMARTS) is 1. The second-order valence-electron chi connectivity index (χ2n) is 4.38. The van der Waals surface area contributed by atoms with Gasteiger partial charge in [-0.3, -0.25) is 14.5 Å². The molecule has 19 heavy (non-hydrogen) atoms. The van der Waals surface area contributed by atoms with E-state index in [4.69, 9.17) is 16.6 Å². The number of primary amides is 1. The maximum Gasteiger partial charge on any atom is 0.320 e. The van der Waals surface area contributed by atoms with E-state index < -0.39 is 17.9 Å². The molecule has 6 heteroatoms. The molecule has 1 amide bonds. The fraction of sp³-hybridized carbons (Fsp3) is 0.385. The highest BCUT2D eigenvalue weighted by Gasteiger charge is 2.25. The summed E-state index contributed by atoms with van der Waals surface area (Å²) >= 11 is 0. The first-order valence-electron chi connectivity index (χ1n) is 6.03. The van der Waals surface area contributed by atoms with Gasteiger partial charge in [-0.1, -0.05) is 19.1 Å². The molecule has 0 saturated carbocycles. The second-order valence-corrected chi connectivity index (χ2v) is 4.38. The van der Waals surface area contributed by atoms with E-state index in [2.05, 4.69) is 0 Å². The van der Waals surface area contributed by atoms with E-state index in [0.29, 0.717) is 18.7 Å². The van der Waals surface area contributed by atoms with Crippen molar-refractivity contribution in [1.82, 2.24) is 4.90 Å². The Morgan fingerprint density at radius 2 is 1.89 bits per heavy atom. The zero-order chi connectivity index (χ0) is 14.4. The third kappa shape index (κ3) is 4.59. The summed E-state index contributed by atoms with van der Waals surface area (Å²) in [6, 6.07) is 6.35. The predicted molar refractivity (Wildman–Crippen MR) is 72.2 cm³/mol. The highest BCUT2D eigenvalue weighted by Crippen LogP contribution is 2.12. The molecule has 1 rings (SSSR count). The van der Waals surface area contributed by atoms with Crippen LogP contribution in [0.3, 0.4) is 0 Å². The van der Waals surface area contributed by atoms with Gasteiger partial charge in [-0.15, -0.1) is 0 Å². The van der Waals surface area contributed by atoms with E-state index >= 15 is 0 Å². The van der Waals surface area contributed by atoms with Crippen LogP contribution >= 0.6 is 0 Å². The number of aliphatic carboxylic acids is 1. The number of hydrogen-bond acceptors (Lipinski definition) is 4. The minimum absolute atomic E-state index is 0.0881. The molecule has 0 aliphatic carbocycles. The van der Waals surface area contributed by atoms with Gasteiger partial charge < -0.3 is 16.6 Å². The van der Waals surface area contributed by atoms with Crippen molar-refractivity contribution in [1.29, 1.82) is 0 Å². The smallest absolute Gasteiger partial charge is 0.320 e. The van der Waals surface area contributed by atoms with Gasteiger partial charge in [0.05, 0.1) is 6.54 Å². The summed E-state index contributed by atoms with van der Waals surface area (Å²) in [7, 11) is 0. The van der Waals surface area contributed by atoms with Gasteiger partial charge >= 0.3 is 5.97 Å². The van der Waals surface area contributed by atoms with Crippen LogP contribution in [0.1, 0.15) is 18.9 Å². The molecule has 0 saturated heterocycles. The lowest BCUT2D eigenvalue weighted by Gasteiger charge is -2.26. The van der Waals surface area contributed by atoms with E-state index in [-0.39, 0.29) is 6.54 Å². The number of benzene rings is 1. The molecule has 0 radical (unpaired) electrons. The van der Waals surface area contributed by atoms with Crippen LogP contribution in [0.2, 0.25) is 0 Å². The lowest BCUT2D eigenvalue weighted by molar-refractivity contribution is -0.144. The van der Waals surface area contributed by atoms with Crippen molar-refractivity contribution in [3.63, 3.8) is 0 Å².